The van der Waals surface area contributed by atoms with Gasteiger partial charge in [0.1, 0.15) is 18.1 Å². The molecule has 2 unspecified atom stereocenters. The number of carbonyl (C=O) groups is 2. The van der Waals surface area contributed by atoms with Gasteiger partial charge < -0.3 is 29.6 Å². The first-order valence-corrected chi connectivity index (χ1v) is 24.7. The quantitative estimate of drug-likeness (QED) is 0.0189. The van der Waals surface area contributed by atoms with Crippen molar-refractivity contribution < 1.29 is 47.1 Å². The number of aliphatic hydroxyl groups is 1. The molecule has 0 saturated heterocycles. The molecule has 12 heteroatoms. The van der Waals surface area contributed by atoms with Crippen LogP contribution in [0.3, 0.4) is 0 Å². The lowest BCUT2D eigenvalue weighted by atomic mass is 10.0. The molecule has 61 heavy (non-hydrogen) atoms. The molecule has 0 amide bonds. The van der Waals surface area contributed by atoms with Gasteiger partial charge in [-0.2, -0.15) is 0 Å². The van der Waals surface area contributed by atoms with Crippen molar-refractivity contribution in [2.24, 2.45) is 5.73 Å². The van der Waals surface area contributed by atoms with E-state index in [-0.39, 0.29) is 32.6 Å². The minimum atomic E-state index is -4.44. The van der Waals surface area contributed by atoms with Crippen molar-refractivity contribution in [3.63, 3.8) is 0 Å². The molecule has 0 saturated carbocycles. The number of aliphatic hydroxyl groups excluding tert-OH is 1. The Morgan fingerprint density at radius 1 is 0.689 bits per heavy atom. The summed E-state index contributed by atoms with van der Waals surface area (Å²) in [4.78, 5) is 35.0. The molecular formula is C49H82NO10P. The van der Waals surface area contributed by atoms with Crippen LogP contribution in [0.25, 0.3) is 0 Å². The fourth-order valence-electron chi connectivity index (χ4n) is 6.49. The molecule has 0 spiro atoms. The molecule has 4 N–H and O–H groups in total. The molecule has 0 aliphatic rings. The average molecular weight is 876 g/mol. The van der Waals surface area contributed by atoms with E-state index in [4.69, 9.17) is 28.7 Å². The van der Waals surface area contributed by atoms with Crippen LogP contribution in [-0.2, 0) is 45.5 Å². The van der Waals surface area contributed by atoms with Crippen LogP contribution in [0.2, 0.25) is 0 Å². The standard InChI is InChI=1S/C49H82NO10P/c1-5-7-9-10-11-12-13-14-15-18-21-24-28-32-44(51)33-31-37-48(52)56-40-45(41-58-61(54,55)57-39-38-50)59-49(53)36-30-26-23-20-17-16-19-22-25-29-35-47-43(4)42(3)46(60-47)34-27-8-6-2/h7,9,11-12,14-15,21,24,28,32,44-45,51H,5-6,8,10,13,16-20,22-23,25-27,29-31,33-41,50H2,1-4H3,(H,54,55)/b9-7-,12-11-,15-14-,24-21-,32-28+/t44?,45-/m1/s1. The smallest absolute Gasteiger partial charge is 0.466 e. The summed E-state index contributed by atoms with van der Waals surface area (Å²) >= 11 is 0. The number of allylic oxidation sites excluding steroid dienone is 9. The van der Waals surface area contributed by atoms with Crippen LogP contribution in [0, 0.1) is 13.8 Å². The predicted molar refractivity (Wildman–Crippen MR) is 247 cm³/mol. The second-order valence-corrected chi connectivity index (χ2v) is 17.1. The second-order valence-electron chi connectivity index (χ2n) is 15.7. The zero-order valence-corrected chi connectivity index (χ0v) is 39.1. The maximum absolute atomic E-state index is 12.7. The van der Waals surface area contributed by atoms with Crippen molar-refractivity contribution >= 4 is 19.8 Å². The van der Waals surface area contributed by atoms with E-state index in [9.17, 15) is 24.2 Å². The normalized spacial score (nSPS) is 14.3. The van der Waals surface area contributed by atoms with E-state index in [0.29, 0.717) is 19.3 Å². The highest BCUT2D eigenvalue weighted by atomic mass is 31.2. The number of furan rings is 1. The predicted octanol–water partition coefficient (Wildman–Crippen LogP) is 11.9. The first kappa shape index (κ1) is 56.0. The van der Waals surface area contributed by atoms with Crippen LogP contribution < -0.4 is 5.73 Å². The number of phosphoric acid groups is 1. The van der Waals surface area contributed by atoms with Gasteiger partial charge in [0.25, 0.3) is 0 Å². The van der Waals surface area contributed by atoms with Crippen LogP contribution in [0.4, 0.5) is 0 Å². The van der Waals surface area contributed by atoms with Crippen LogP contribution in [0.15, 0.2) is 65.2 Å². The molecule has 0 radical (unpaired) electrons. The lowest BCUT2D eigenvalue weighted by Crippen LogP contribution is -2.29. The molecule has 1 aromatic rings. The van der Waals surface area contributed by atoms with Crippen LogP contribution in [0.5, 0.6) is 0 Å². The monoisotopic (exact) mass is 876 g/mol. The van der Waals surface area contributed by atoms with Crippen molar-refractivity contribution in [3.8, 4) is 0 Å². The van der Waals surface area contributed by atoms with Crippen molar-refractivity contribution in [1.29, 1.82) is 0 Å². The molecule has 0 aliphatic carbocycles. The van der Waals surface area contributed by atoms with Crippen molar-refractivity contribution in [1.82, 2.24) is 0 Å². The number of aryl methyl sites for hydroxylation is 2. The molecule has 1 aromatic heterocycles. The van der Waals surface area contributed by atoms with Gasteiger partial charge in [-0.05, 0) is 82.8 Å². The van der Waals surface area contributed by atoms with Gasteiger partial charge in [0.2, 0.25) is 0 Å². The number of esters is 2. The molecule has 3 atom stereocenters. The number of unbranched alkanes of at least 4 members (excludes halogenated alkanes) is 11. The number of carbonyl (C=O) groups excluding carboxylic acids is 2. The zero-order chi connectivity index (χ0) is 44.8. The molecule has 11 nitrogen and oxygen atoms in total. The molecule has 0 fully saturated rings. The van der Waals surface area contributed by atoms with Crippen molar-refractivity contribution in [2.45, 2.75) is 188 Å². The van der Waals surface area contributed by atoms with Gasteiger partial charge in [0.05, 0.1) is 19.3 Å². The Morgan fingerprint density at radius 2 is 1.23 bits per heavy atom. The first-order chi connectivity index (χ1) is 29.5. The minimum absolute atomic E-state index is 0.0194. The average Bonchev–Trinajstić information content (AvgIpc) is 3.50. The fraction of sp³-hybridized carbons (Fsp3) is 0.673. The summed E-state index contributed by atoms with van der Waals surface area (Å²) in [6.45, 7) is 7.71. The Labute approximate surface area is 368 Å². The Balaban J connectivity index is 2.30. The number of ether oxygens (including phenoxy) is 2. The van der Waals surface area contributed by atoms with Gasteiger partial charge in [-0.15, -0.1) is 0 Å². The molecule has 348 valence electrons. The Bertz CT molecular complexity index is 1480. The maximum Gasteiger partial charge on any atom is 0.472 e. The van der Waals surface area contributed by atoms with Gasteiger partial charge in [0.15, 0.2) is 6.10 Å². The Kier molecular flexibility index (Phi) is 34.4. The Hall–Kier alpha value is -3.05. The first-order valence-electron chi connectivity index (χ1n) is 23.2. The molecule has 0 aliphatic heterocycles. The van der Waals surface area contributed by atoms with E-state index in [0.717, 1.165) is 64.2 Å². The van der Waals surface area contributed by atoms with E-state index < -0.39 is 38.6 Å². The largest absolute Gasteiger partial charge is 0.472 e. The van der Waals surface area contributed by atoms with Gasteiger partial charge in [-0.1, -0.05) is 139 Å². The lowest BCUT2D eigenvalue weighted by molar-refractivity contribution is -0.161. The second kappa shape index (κ2) is 37.5. The maximum atomic E-state index is 12.7. The summed E-state index contributed by atoms with van der Waals surface area (Å²) in [7, 11) is -4.44. The van der Waals surface area contributed by atoms with E-state index in [1.54, 1.807) is 12.2 Å². The summed E-state index contributed by atoms with van der Waals surface area (Å²) in [5.41, 5.74) is 8.02. The van der Waals surface area contributed by atoms with Crippen molar-refractivity contribution in [2.75, 3.05) is 26.4 Å². The van der Waals surface area contributed by atoms with Gasteiger partial charge >= 0.3 is 19.8 Å². The van der Waals surface area contributed by atoms with Gasteiger partial charge in [-0.25, -0.2) is 4.57 Å². The van der Waals surface area contributed by atoms with Gasteiger partial charge in [-0.3, -0.25) is 18.6 Å². The molecule has 1 heterocycles. The molecular weight excluding hydrogens is 794 g/mol. The van der Waals surface area contributed by atoms with E-state index in [1.165, 1.54) is 74.0 Å². The molecule has 0 bridgehead atoms. The highest BCUT2D eigenvalue weighted by Crippen LogP contribution is 2.43. The van der Waals surface area contributed by atoms with Crippen LogP contribution in [0.1, 0.15) is 171 Å². The van der Waals surface area contributed by atoms with Crippen molar-refractivity contribution in [3.05, 3.63) is 83.4 Å². The van der Waals surface area contributed by atoms with E-state index in [2.05, 4.69) is 64.2 Å². The molecule has 0 aromatic carbocycles. The van der Waals surface area contributed by atoms with Crippen LogP contribution >= 0.6 is 7.82 Å². The Morgan fingerprint density at radius 3 is 1.82 bits per heavy atom. The summed E-state index contributed by atoms with van der Waals surface area (Å²) < 4.78 is 39.0. The van der Waals surface area contributed by atoms with Crippen LogP contribution in [-0.4, -0.2) is 60.5 Å². The highest BCUT2D eigenvalue weighted by molar-refractivity contribution is 7.47. The zero-order valence-electron chi connectivity index (χ0n) is 38.2. The molecule has 1 rings (SSSR count). The van der Waals surface area contributed by atoms with E-state index in [1.807, 2.05) is 12.2 Å². The summed E-state index contributed by atoms with van der Waals surface area (Å²) in [5, 5.41) is 10.3. The summed E-state index contributed by atoms with van der Waals surface area (Å²) in [5.74, 6) is 1.30. The highest BCUT2D eigenvalue weighted by Gasteiger charge is 2.26. The third-order valence-corrected chi connectivity index (χ3v) is 11.2. The summed E-state index contributed by atoms with van der Waals surface area (Å²) in [6, 6.07) is 0. The fourth-order valence-corrected chi connectivity index (χ4v) is 7.25. The summed E-state index contributed by atoms with van der Waals surface area (Å²) in [6.07, 6.45) is 39.6. The number of rotatable bonds is 39. The lowest BCUT2D eigenvalue weighted by Gasteiger charge is -2.20. The number of phosphoric ester groups is 1. The SMILES string of the molecule is CC/C=C\C/C=C\C/C=C\C/C=C\C=C\C(O)CCCC(=O)OC[C@H](COP(=O)(O)OCCN)OC(=O)CCCCCCCCCCCCc1oc(CCCCC)c(C)c1C. The van der Waals surface area contributed by atoms with E-state index >= 15 is 0 Å². The number of hydrogen-bond acceptors (Lipinski definition) is 10. The topological polar surface area (TPSA) is 168 Å². The third-order valence-electron chi connectivity index (χ3n) is 10.2. The number of nitrogens with two attached hydrogens (primary N) is 1. The third kappa shape index (κ3) is 31.4. The number of hydrogen-bond donors (Lipinski definition) is 3. The minimum Gasteiger partial charge on any atom is -0.466 e. The van der Waals surface area contributed by atoms with Gasteiger partial charge in [0, 0.05) is 32.2 Å².